The van der Waals surface area contributed by atoms with Gasteiger partial charge in [-0.05, 0) is 18.1 Å². The van der Waals surface area contributed by atoms with Crippen molar-refractivity contribution < 1.29 is 9.90 Å². The van der Waals surface area contributed by atoms with Crippen molar-refractivity contribution in [2.24, 2.45) is 7.05 Å². The predicted octanol–water partition coefficient (Wildman–Crippen LogP) is 2.41. The lowest BCUT2D eigenvalue weighted by atomic mass is 10.1. The zero-order valence-corrected chi connectivity index (χ0v) is 10.3. The van der Waals surface area contributed by atoms with Crippen molar-refractivity contribution in [2.45, 2.75) is 6.42 Å². The Labute approximate surface area is 106 Å². The smallest absolute Gasteiger partial charge is 0.404 e. The van der Waals surface area contributed by atoms with E-state index in [-0.39, 0.29) is 12.4 Å². The molecule has 1 amide bonds. The molecular weight excluding hydrogens is 240 g/mol. The van der Waals surface area contributed by atoms with Crippen LogP contribution in [0.2, 0.25) is 0 Å². The number of carbonyl (C=O) groups is 1. The minimum absolute atomic E-state index is 0. The number of para-hydroxylation sites is 1. The summed E-state index contributed by atoms with van der Waals surface area (Å²) >= 11 is 0. The van der Waals surface area contributed by atoms with E-state index in [1.54, 1.807) is 0 Å². The maximum Gasteiger partial charge on any atom is 0.404 e. The lowest BCUT2D eigenvalue weighted by Crippen LogP contribution is -2.23. The van der Waals surface area contributed by atoms with Gasteiger partial charge in [-0.25, -0.2) is 4.79 Å². The molecule has 4 nitrogen and oxygen atoms in total. The van der Waals surface area contributed by atoms with Crippen LogP contribution in [-0.2, 0) is 13.5 Å². The van der Waals surface area contributed by atoms with Gasteiger partial charge in [0.2, 0.25) is 0 Å². The van der Waals surface area contributed by atoms with Crippen molar-refractivity contribution in [3.63, 3.8) is 0 Å². The van der Waals surface area contributed by atoms with Gasteiger partial charge in [-0.15, -0.1) is 12.4 Å². The van der Waals surface area contributed by atoms with Crippen LogP contribution >= 0.6 is 12.4 Å². The third kappa shape index (κ3) is 2.91. The van der Waals surface area contributed by atoms with Gasteiger partial charge in [-0.2, -0.15) is 0 Å². The standard InChI is InChI=1S/C12H14N2O2.ClH/c1-14-8-9(6-7-13-12(15)16)10-4-2-3-5-11(10)14;/h2-5,8,13H,6-7H2,1H3,(H,15,16);1H. The first-order valence-electron chi connectivity index (χ1n) is 5.18. The average molecular weight is 255 g/mol. The molecule has 0 unspecified atom stereocenters. The van der Waals surface area contributed by atoms with Gasteiger partial charge in [0.15, 0.2) is 0 Å². The Hall–Kier alpha value is -1.68. The summed E-state index contributed by atoms with van der Waals surface area (Å²) in [4.78, 5) is 10.3. The lowest BCUT2D eigenvalue weighted by Gasteiger charge is -1.99. The van der Waals surface area contributed by atoms with E-state index in [2.05, 4.69) is 22.0 Å². The molecule has 17 heavy (non-hydrogen) atoms. The summed E-state index contributed by atoms with van der Waals surface area (Å²) in [6, 6.07) is 8.12. The Bertz CT molecular complexity index is 522. The van der Waals surface area contributed by atoms with Gasteiger partial charge in [0, 0.05) is 30.7 Å². The van der Waals surface area contributed by atoms with Crippen LogP contribution in [-0.4, -0.2) is 22.3 Å². The minimum Gasteiger partial charge on any atom is -0.465 e. The van der Waals surface area contributed by atoms with E-state index in [4.69, 9.17) is 5.11 Å². The molecule has 0 fully saturated rings. The molecule has 1 heterocycles. The molecule has 2 rings (SSSR count). The molecule has 0 aliphatic carbocycles. The normalized spacial score (nSPS) is 9.94. The topological polar surface area (TPSA) is 54.3 Å². The van der Waals surface area contributed by atoms with Crippen LogP contribution in [0.4, 0.5) is 4.79 Å². The molecule has 92 valence electrons. The number of hydrogen-bond acceptors (Lipinski definition) is 1. The van der Waals surface area contributed by atoms with Gasteiger partial charge in [-0.3, -0.25) is 0 Å². The van der Waals surface area contributed by atoms with Crippen molar-refractivity contribution in [3.05, 3.63) is 36.0 Å². The Morgan fingerprint density at radius 3 is 2.82 bits per heavy atom. The van der Waals surface area contributed by atoms with Crippen molar-refractivity contribution in [2.75, 3.05) is 6.54 Å². The van der Waals surface area contributed by atoms with Crippen LogP contribution in [0.25, 0.3) is 10.9 Å². The van der Waals surface area contributed by atoms with Gasteiger partial charge in [0.25, 0.3) is 0 Å². The highest BCUT2D eigenvalue weighted by Gasteiger charge is 2.05. The van der Waals surface area contributed by atoms with Crippen LogP contribution in [0.1, 0.15) is 5.56 Å². The van der Waals surface area contributed by atoms with Crippen LogP contribution < -0.4 is 5.32 Å². The fourth-order valence-electron chi connectivity index (χ4n) is 1.93. The predicted molar refractivity (Wildman–Crippen MR) is 69.9 cm³/mol. The molecule has 5 heteroatoms. The van der Waals surface area contributed by atoms with E-state index < -0.39 is 6.09 Å². The second-order valence-corrected chi connectivity index (χ2v) is 3.76. The van der Waals surface area contributed by atoms with Gasteiger partial charge >= 0.3 is 6.09 Å². The first-order valence-corrected chi connectivity index (χ1v) is 5.18. The number of fused-ring (bicyclic) bond motifs is 1. The van der Waals surface area contributed by atoms with E-state index in [0.717, 1.165) is 0 Å². The van der Waals surface area contributed by atoms with Gasteiger partial charge in [0.05, 0.1) is 0 Å². The molecule has 0 radical (unpaired) electrons. The Morgan fingerprint density at radius 2 is 2.12 bits per heavy atom. The zero-order chi connectivity index (χ0) is 11.5. The summed E-state index contributed by atoms with van der Waals surface area (Å²) in [5.74, 6) is 0. The largest absolute Gasteiger partial charge is 0.465 e. The fraction of sp³-hybridized carbons (Fsp3) is 0.250. The van der Waals surface area contributed by atoms with Crippen LogP contribution in [0.5, 0.6) is 0 Å². The third-order valence-electron chi connectivity index (χ3n) is 2.65. The molecule has 0 atom stereocenters. The molecule has 2 N–H and O–H groups in total. The van der Waals surface area contributed by atoms with Crippen molar-refractivity contribution in [3.8, 4) is 0 Å². The fourth-order valence-corrected chi connectivity index (χ4v) is 1.93. The van der Waals surface area contributed by atoms with Crippen molar-refractivity contribution in [1.82, 2.24) is 9.88 Å². The minimum atomic E-state index is -0.972. The quantitative estimate of drug-likeness (QED) is 0.884. The highest BCUT2D eigenvalue weighted by atomic mass is 35.5. The number of aryl methyl sites for hydroxylation is 1. The molecule has 1 aromatic heterocycles. The highest BCUT2D eigenvalue weighted by Crippen LogP contribution is 2.20. The molecule has 2 aromatic rings. The number of benzene rings is 1. The maximum atomic E-state index is 10.3. The number of nitrogens with zero attached hydrogens (tertiary/aromatic N) is 1. The maximum absolute atomic E-state index is 10.3. The molecular formula is C12H15ClN2O2. The lowest BCUT2D eigenvalue weighted by molar-refractivity contribution is 0.194. The summed E-state index contributed by atoms with van der Waals surface area (Å²) in [5.41, 5.74) is 2.35. The number of aromatic nitrogens is 1. The SMILES string of the molecule is Cl.Cn1cc(CCNC(=O)O)c2ccccc21. The highest BCUT2D eigenvalue weighted by molar-refractivity contribution is 5.85. The molecule has 1 aromatic carbocycles. The first kappa shape index (κ1) is 13.4. The van der Waals surface area contributed by atoms with Crippen LogP contribution in [0, 0.1) is 0 Å². The van der Waals surface area contributed by atoms with Gasteiger partial charge < -0.3 is 15.0 Å². The zero-order valence-electron chi connectivity index (χ0n) is 9.51. The Kier molecular flexibility index (Phi) is 4.40. The number of nitrogens with one attached hydrogen (secondary N) is 1. The number of rotatable bonds is 3. The Morgan fingerprint density at radius 1 is 1.41 bits per heavy atom. The van der Waals surface area contributed by atoms with Crippen molar-refractivity contribution >= 4 is 29.4 Å². The molecule has 0 bridgehead atoms. The van der Waals surface area contributed by atoms with Crippen LogP contribution in [0.3, 0.4) is 0 Å². The summed E-state index contributed by atoms with van der Waals surface area (Å²) in [6.07, 6.45) is 1.79. The second-order valence-electron chi connectivity index (χ2n) is 3.76. The molecule has 0 saturated carbocycles. The first-order chi connectivity index (χ1) is 7.68. The number of hydrogen-bond donors (Lipinski definition) is 2. The summed E-state index contributed by atoms with van der Waals surface area (Å²) in [7, 11) is 2.00. The molecule has 0 spiro atoms. The van der Waals surface area contributed by atoms with E-state index >= 15 is 0 Å². The van der Waals surface area contributed by atoms with Crippen LogP contribution in [0.15, 0.2) is 30.5 Å². The molecule has 0 aliphatic rings. The summed E-state index contributed by atoms with van der Waals surface area (Å²) < 4.78 is 2.06. The Balaban J connectivity index is 0.00000144. The molecule has 0 saturated heterocycles. The monoisotopic (exact) mass is 254 g/mol. The number of amides is 1. The van der Waals surface area contributed by atoms with Gasteiger partial charge in [0.1, 0.15) is 0 Å². The second kappa shape index (κ2) is 5.59. The third-order valence-corrected chi connectivity index (χ3v) is 2.65. The summed E-state index contributed by atoms with van der Waals surface area (Å²) in [5, 5.41) is 12.1. The van der Waals surface area contributed by atoms with E-state index in [1.165, 1.54) is 16.5 Å². The van der Waals surface area contributed by atoms with Gasteiger partial charge in [-0.1, -0.05) is 18.2 Å². The number of halogens is 1. The average Bonchev–Trinajstić information content (AvgIpc) is 2.57. The van der Waals surface area contributed by atoms with E-state index in [1.807, 2.05) is 25.4 Å². The van der Waals surface area contributed by atoms with E-state index in [9.17, 15) is 4.79 Å². The van der Waals surface area contributed by atoms with Crippen molar-refractivity contribution in [1.29, 1.82) is 0 Å². The van der Waals surface area contributed by atoms with E-state index in [0.29, 0.717) is 13.0 Å². The molecule has 0 aliphatic heterocycles. The summed E-state index contributed by atoms with van der Waals surface area (Å²) in [6.45, 7) is 0.448. The number of carboxylic acid groups (broad SMARTS) is 1.